The third-order valence-electron chi connectivity index (χ3n) is 8.62. The number of carbonyl (C=O) groups is 1. The monoisotopic (exact) mass is 588 g/mol. The van der Waals surface area contributed by atoms with Crippen LogP contribution in [-0.2, 0) is 17.8 Å². The maximum Gasteiger partial charge on any atom is 0.253 e. The van der Waals surface area contributed by atoms with Crippen molar-refractivity contribution in [2.24, 2.45) is 0 Å². The lowest BCUT2D eigenvalue weighted by molar-refractivity contribution is 0.0342. The highest BCUT2D eigenvalue weighted by Crippen LogP contribution is 2.35. The lowest BCUT2D eigenvalue weighted by atomic mass is 9.95. The first-order valence-corrected chi connectivity index (χ1v) is 16.4. The average molecular weight is 589 g/mol. The van der Waals surface area contributed by atoms with Crippen LogP contribution in [-0.4, -0.2) is 66.2 Å². The van der Waals surface area contributed by atoms with Crippen molar-refractivity contribution in [1.29, 1.82) is 0 Å². The number of ether oxygens (including phenoxy) is 1. The molecule has 3 aromatic rings. The van der Waals surface area contributed by atoms with Gasteiger partial charge in [0, 0.05) is 61.3 Å². The number of nitrogens with zero attached hydrogens (tertiary/aromatic N) is 2. The molecule has 0 unspecified atom stereocenters. The molecule has 8 heteroatoms. The van der Waals surface area contributed by atoms with Gasteiger partial charge in [0.25, 0.3) is 11.5 Å². The van der Waals surface area contributed by atoms with Crippen molar-refractivity contribution < 1.29 is 9.53 Å². The summed E-state index contributed by atoms with van der Waals surface area (Å²) in [5.74, 6) is 2.18. The Kier molecular flexibility index (Phi) is 10.1. The molecule has 0 atom stereocenters. The maximum atomic E-state index is 13.8. The van der Waals surface area contributed by atoms with Crippen molar-refractivity contribution in [3.63, 3.8) is 0 Å². The van der Waals surface area contributed by atoms with Crippen LogP contribution in [0.4, 0.5) is 5.69 Å². The van der Waals surface area contributed by atoms with E-state index in [1.165, 1.54) is 17.1 Å². The molecule has 1 amide bonds. The van der Waals surface area contributed by atoms with Crippen molar-refractivity contribution in [2.75, 3.05) is 49.3 Å². The molecule has 42 heavy (non-hydrogen) atoms. The summed E-state index contributed by atoms with van der Waals surface area (Å²) in [6, 6.07) is 15.4. The Hall–Kier alpha value is -3.07. The largest absolute Gasteiger partial charge is 0.379 e. The number of thioether (sulfide) groups is 1. The summed E-state index contributed by atoms with van der Waals surface area (Å²) in [7, 11) is 0. The number of hydrogen-bond acceptors (Lipinski definition) is 6. The van der Waals surface area contributed by atoms with Gasteiger partial charge in [-0.1, -0.05) is 24.3 Å². The molecule has 0 spiro atoms. The second kappa shape index (κ2) is 13.9. The Labute approximate surface area is 254 Å². The summed E-state index contributed by atoms with van der Waals surface area (Å²) in [6.07, 6.45) is 2.30. The minimum Gasteiger partial charge on any atom is -0.379 e. The number of aromatic nitrogens is 1. The number of hydrogen-bond donors (Lipinski definition) is 2. The molecule has 5 rings (SSSR count). The van der Waals surface area contributed by atoms with E-state index in [-0.39, 0.29) is 18.0 Å². The van der Waals surface area contributed by atoms with E-state index in [4.69, 9.17) is 4.74 Å². The first-order chi connectivity index (χ1) is 20.3. The minimum absolute atomic E-state index is 0.150. The highest BCUT2D eigenvalue weighted by atomic mass is 32.2. The normalized spacial score (nSPS) is 16.4. The summed E-state index contributed by atoms with van der Waals surface area (Å²) in [6.45, 7) is 13.5. The number of aryl methyl sites for hydroxylation is 2. The summed E-state index contributed by atoms with van der Waals surface area (Å²) < 4.78 is 5.50. The van der Waals surface area contributed by atoms with Gasteiger partial charge in [0.15, 0.2) is 0 Å². The number of nitrogens with one attached hydrogen (secondary N) is 2. The van der Waals surface area contributed by atoms with Crippen LogP contribution in [0.1, 0.15) is 58.1 Å². The van der Waals surface area contributed by atoms with Crippen LogP contribution in [0.3, 0.4) is 0 Å². The number of morpholine rings is 1. The van der Waals surface area contributed by atoms with E-state index >= 15 is 0 Å². The minimum atomic E-state index is -0.158. The van der Waals surface area contributed by atoms with Crippen LogP contribution < -0.4 is 15.8 Å². The lowest BCUT2D eigenvalue weighted by Crippen LogP contribution is -2.38. The second-order valence-corrected chi connectivity index (χ2v) is 12.7. The first-order valence-electron chi connectivity index (χ1n) is 15.2. The predicted octanol–water partition coefficient (Wildman–Crippen LogP) is 5.45. The molecular weight excluding hydrogens is 544 g/mol. The fraction of sp³-hybridized carbons (Fsp3) is 0.471. The van der Waals surface area contributed by atoms with E-state index in [1.807, 2.05) is 37.7 Å². The van der Waals surface area contributed by atoms with Gasteiger partial charge in [0.2, 0.25) is 0 Å². The molecule has 3 heterocycles. The molecular formula is C34H44N4O3S. The van der Waals surface area contributed by atoms with Gasteiger partial charge in [-0.2, -0.15) is 11.8 Å². The molecule has 2 N–H and O–H groups in total. The Balaban J connectivity index is 1.46. The Morgan fingerprint density at radius 1 is 1.05 bits per heavy atom. The summed E-state index contributed by atoms with van der Waals surface area (Å²) in [5, 5.41) is 3.06. The third kappa shape index (κ3) is 7.10. The van der Waals surface area contributed by atoms with Gasteiger partial charge >= 0.3 is 0 Å². The fourth-order valence-corrected chi connectivity index (χ4v) is 7.29. The van der Waals surface area contributed by atoms with Crippen molar-refractivity contribution in [2.45, 2.75) is 59.7 Å². The number of amides is 1. The second-order valence-electron chi connectivity index (χ2n) is 11.5. The number of H-pyrrole nitrogens is 1. The quantitative estimate of drug-likeness (QED) is 0.346. The van der Waals surface area contributed by atoms with Crippen molar-refractivity contribution in [3.8, 4) is 11.1 Å². The van der Waals surface area contributed by atoms with E-state index in [0.29, 0.717) is 17.2 Å². The van der Waals surface area contributed by atoms with Crippen LogP contribution in [0, 0.1) is 20.8 Å². The molecule has 2 aliphatic rings. The zero-order valence-electron chi connectivity index (χ0n) is 25.4. The molecule has 2 aliphatic heterocycles. The van der Waals surface area contributed by atoms with Gasteiger partial charge in [-0.15, -0.1) is 0 Å². The Morgan fingerprint density at radius 2 is 1.76 bits per heavy atom. The van der Waals surface area contributed by atoms with Crippen LogP contribution in [0.25, 0.3) is 11.1 Å². The smallest absolute Gasteiger partial charge is 0.253 e. The van der Waals surface area contributed by atoms with E-state index in [1.54, 1.807) is 0 Å². The zero-order chi connectivity index (χ0) is 29.6. The Morgan fingerprint density at radius 3 is 2.43 bits per heavy atom. The number of benzene rings is 2. The third-order valence-corrected chi connectivity index (χ3v) is 9.67. The SMILES string of the molecule is CCN(c1cc(-c2ccc(CN3CCOCC3)cc2)cc(C(=O)NCc2c(C)cc(C)[nH]c2=O)c1C)C1CCSCC1. The first kappa shape index (κ1) is 30.4. The summed E-state index contributed by atoms with van der Waals surface area (Å²) in [4.78, 5) is 34.1. The predicted molar refractivity (Wildman–Crippen MR) is 174 cm³/mol. The molecule has 2 fully saturated rings. The highest BCUT2D eigenvalue weighted by molar-refractivity contribution is 7.99. The summed E-state index contributed by atoms with van der Waals surface area (Å²) >= 11 is 2.03. The van der Waals surface area contributed by atoms with Crippen molar-refractivity contribution in [1.82, 2.24) is 15.2 Å². The van der Waals surface area contributed by atoms with Gasteiger partial charge in [-0.3, -0.25) is 14.5 Å². The molecule has 0 radical (unpaired) electrons. The molecule has 0 bridgehead atoms. The molecule has 0 aliphatic carbocycles. The van der Waals surface area contributed by atoms with Crippen molar-refractivity contribution in [3.05, 3.63) is 86.3 Å². The number of anilines is 1. The Bertz CT molecular complexity index is 1440. The molecule has 7 nitrogen and oxygen atoms in total. The topological polar surface area (TPSA) is 77.7 Å². The maximum absolute atomic E-state index is 13.8. The van der Waals surface area contributed by atoms with E-state index in [0.717, 1.165) is 85.9 Å². The average Bonchev–Trinajstić information content (AvgIpc) is 2.99. The number of aromatic amines is 1. The molecule has 1 aromatic heterocycles. The van der Waals surface area contributed by atoms with E-state index < -0.39 is 0 Å². The highest BCUT2D eigenvalue weighted by Gasteiger charge is 2.25. The van der Waals surface area contributed by atoms with Crippen LogP contribution in [0.2, 0.25) is 0 Å². The van der Waals surface area contributed by atoms with Gasteiger partial charge in [-0.05, 0) is 98.1 Å². The van der Waals surface area contributed by atoms with Crippen LogP contribution in [0.15, 0.2) is 47.3 Å². The molecule has 2 aromatic carbocycles. The van der Waals surface area contributed by atoms with Gasteiger partial charge in [0.1, 0.15) is 0 Å². The van der Waals surface area contributed by atoms with Crippen molar-refractivity contribution >= 4 is 23.4 Å². The number of carbonyl (C=O) groups excluding carboxylic acids is 1. The van der Waals surface area contributed by atoms with Gasteiger partial charge in [-0.25, -0.2) is 0 Å². The fourth-order valence-electron chi connectivity index (χ4n) is 6.21. The van der Waals surface area contributed by atoms with E-state index in [2.05, 4.69) is 64.3 Å². The van der Waals surface area contributed by atoms with Crippen LogP contribution in [0.5, 0.6) is 0 Å². The lowest BCUT2D eigenvalue weighted by Gasteiger charge is -2.37. The number of pyridine rings is 1. The molecule has 0 saturated carbocycles. The van der Waals surface area contributed by atoms with Gasteiger partial charge < -0.3 is 19.9 Å². The molecule has 2 saturated heterocycles. The number of rotatable bonds is 9. The van der Waals surface area contributed by atoms with Crippen LogP contribution >= 0.6 is 11.8 Å². The molecule has 224 valence electrons. The van der Waals surface area contributed by atoms with E-state index in [9.17, 15) is 9.59 Å². The standard InChI is InChI=1S/C34H44N4O3S/c1-5-38(29-10-16-42-17-11-29)32-20-28(27-8-6-26(7-9-27)22-37-12-14-41-15-13-37)19-30(25(32)4)33(39)35-21-31-23(2)18-24(3)36-34(31)40/h6-9,18-20,29H,5,10-17,21-22H2,1-4H3,(H,35,39)(H,36,40). The zero-order valence-corrected chi connectivity index (χ0v) is 26.2. The van der Waals surface area contributed by atoms with Gasteiger partial charge in [0.05, 0.1) is 13.2 Å². The summed E-state index contributed by atoms with van der Waals surface area (Å²) in [5.41, 5.74) is 8.31.